The van der Waals surface area contributed by atoms with Gasteiger partial charge in [-0.3, -0.25) is 4.79 Å². The van der Waals surface area contributed by atoms with E-state index in [4.69, 9.17) is 9.84 Å². The predicted molar refractivity (Wildman–Crippen MR) is 63.8 cm³/mol. The number of aliphatic carboxylic acids is 1. The van der Waals surface area contributed by atoms with Crippen LogP contribution in [0.5, 0.6) is 5.75 Å². The fraction of sp³-hybridized carbons (Fsp3) is 0.182. The molecular formula is C11H9BrFNO3. The summed E-state index contributed by atoms with van der Waals surface area (Å²) in [6.07, 6.45) is 1.29. The van der Waals surface area contributed by atoms with Crippen molar-refractivity contribution in [3.05, 3.63) is 28.1 Å². The number of benzene rings is 1. The molecule has 6 heteroatoms. The van der Waals surface area contributed by atoms with E-state index in [1.165, 1.54) is 19.4 Å². The van der Waals surface area contributed by atoms with Crippen molar-refractivity contribution in [2.24, 2.45) is 0 Å². The number of H-pyrrole nitrogens is 1. The second-order valence-corrected chi connectivity index (χ2v) is 4.36. The van der Waals surface area contributed by atoms with Crippen molar-refractivity contribution in [3.8, 4) is 5.75 Å². The molecule has 0 bridgehead atoms. The number of aromatic amines is 1. The summed E-state index contributed by atoms with van der Waals surface area (Å²) in [6, 6.07) is 1.28. The van der Waals surface area contributed by atoms with Crippen LogP contribution in [0.3, 0.4) is 0 Å². The maximum Gasteiger partial charge on any atom is 0.307 e. The summed E-state index contributed by atoms with van der Waals surface area (Å²) in [5.41, 5.74) is 0.742. The molecular weight excluding hydrogens is 293 g/mol. The molecule has 0 aliphatic rings. The Kier molecular flexibility index (Phi) is 3.06. The van der Waals surface area contributed by atoms with Crippen molar-refractivity contribution in [2.45, 2.75) is 6.42 Å². The van der Waals surface area contributed by atoms with E-state index >= 15 is 0 Å². The van der Waals surface area contributed by atoms with E-state index in [1.54, 1.807) is 0 Å². The van der Waals surface area contributed by atoms with Crippen molar-refractivity contribution >= 4 is 32.8 Å². The van der Waals surface area contributed by atoms with Gasteiger partial charge in [0.15, 0.2) is 0 Å². The number of hydrogen-bond acceptors (Lipinski definition) is 2. The molecule has 0 fully saturated rings. The zero-order valence-corrected chi connectivity index (χ0v) is 10.5. The number of ether oxygens (including phenoxy) is 1. The molecule has 1 aromatic carbocycles. The number of aromatic nitrogens is 1. The van der Waals surface area contributed by atoms with Crippen LogP contribution < -0.4 is 4.74 Å². The molecule has 2 N–H and O–H groups in total. The monoisotopic (exact) mass is 301 g/mol. The lowest BCUT2D eigenvalue weighted by Gasteiger charge is -2.07. The van der Waals surface area contributed by atoms with Gasteiger partial charge in [-0.05, 0) is 27.6 Å². The molecule has 0 aliphatic heterocycles. The highest BCUT2D eigenvalue weighted by atomic mass is 79.9. The average molecular weight is 302 g/mol. The number of carboxylic acid groups (broad SMARTS) is 1. The quantitative estimate of drug-likeness (QED) is 0.916. The van der Waals surface area contributed by atoms with Crippen molar-refractivity contribution in [2.75, 3.05) is 7.11 Å². The normalized spacial score (nSPS) is 10.8. The summed E-state index contributed by atoms with van der Waals surface area (Å²) in [5, 5.41) is 9.25. The Morgan fingerprint density at radius 1 is 1.65 bits per heavy atom. The van der Waals surface area contributed by atoms with E-state index in [0.717, 1.165) is 0 Å². The maximum atomic E-state index is 13.6. The fourth-order valence-corrected chi connectivity index (χ4v) is 2.34. The summed E-state index contributed by atoms with van der Waals surface area (Å²) < 4.78 is 19.3. The molecule has 2 rings (SSSR count). The number of halogens is 2. The first kappa shape index (κ1) is 11.9. The zero-order chi connectivity index (χ0) is 12.6. The van der Waals surface area contributed by atoms with Gasteiger partial charge < -0.3 is 14.8 Å². The Balaban J connectivity index is 2.75. The first-order valence-electron chi connectivity index (χ1n) is 4.78. The number of carboxylic acids is 1. The Morgan fingerprint density at radius 2 is 2.35 bits per heavy atom. The molecule has 1 heterocycles. The van der Waals surface area contributed by atoms with Gasteiger partial charge in [-0.2, -0.15) is 0 Å². The number of nitrogens with one attached hydrogen (secondary N) is 1. The third-order valence-corrected chi connectivity index (χ3v) is 3.03. The third-order valence-electron chi connectivity index (χ3n) is 2.44. The summed E-state index contributed by atoms with van der Waals surface area (Å²) in [6.45, 7) is 0. The van der Waals surface area contributed by atoms with Gasteiger partial charge in [0, 0.05) is 11.6 Å². The van der Waals surface area contributed by atoms with Gasteiger partial charge in [-0.1, -0.05) is 0 Å². The van der Waals surface area contributed by atoms with Crippen LogP contribution in [0.2, 0.25) is 0 Å². The average Bonchev–Trinajstić information content (AvgIpc) is 2.62. The zero-order valence-electron chi connectivity index (χ0n) is 8.88. The first-order chi connectivity index (χ1) is 8.04. The Labute approximate surface area is 105 Å². The summed E-state index contributed by atoms with van der Waals surface area (Å²) in [4.78, 5) is 13.4. The van der Waals surface area contributed by atoms with Gasteiger partial charge in [0.2, 0.25) is 0 Å². The van der Waals surface area contributed by atoms with Crippen LogP contribution in [0.15, 0.2) is 16.7 Å². The number of hydrogen-bond donors (Lipinski definition) is 2. The van der Waals surface area contributed by atoms with Crippen LogP contribution in [-0.4, -0.2) is 23.2 Å². The van der Waals surface area contributed by atoms with E-state index in [2.05, 4.69) is 20.9 Å². The number of methoxy groups -OCH3 is 1. The van der Waals surface area contributed by atoms with Crippen molar-refractivity contribution in [1.29, 1.82) is 0 Å². The molecule has 0 radical (unpaired) electrons. The van der Waals surface area contributed by atoms with Crippen LogP contribution in [0.25, 0.3) is 10.9 Å². The van der Waals surface area contributed by atoms with Gasteiger partial charge in [-0.25, -0.2) is 4.39 Å². The lowest BCUT2D eigenvalue weighted by Crippen LogP contribution is -2.00. The lowest BCUT2D eigenvalue weighted by atomic mass is 10.1. The SMILES string of the molecule is COc1c(Br)cc(F)c2[nH]cc(CC(=O)O)c12. The minimum Gasteiger partial charge on any atom is -0.495 e. The van der Waals surface area contributed by atoms with Crippen molar-refractivity contribution in [3.63, 3.8) is 0 Å². The number of rotatable bonds is 3. The molecule has 4 nitrogen and oxygen atoms in total. The summed E-state index contributed by atoms with van der Waals surface area (Å²) >= 11 is 3.19. The number of fused-ring (bicyclic) bond motifs is 1. The Bertz CT molecular complexity index is 594. The molecule has 0 spiro atoms. The van der Waals surface area contributed by atoms with Gasteiger partial charge in [-0.15, -0.1) is 0 Å². The van der Waals surface area contributed by atoms with Crippen LogP contribution >= 0.6 is 15.9 Å². The smallest absolute Gasteiger partial charge is 0.307 e. The molecule has 0 aliphatic carbocycles. The summed E-state index contributed by atoms with van der Waals surface area (Å²) in [7, 11) is 1.45. The van der Waals surface area contributed by atoms with E-state index in [9.17, 15) is 9.18 Å². The standard InChI is InChI=1S/C11H9BrFNO3/c1-17-11-6(12)3-7(13)10-9(11)5(4-14-10)2-8(15)16/h3-4,14H,2H2,1H3,(H,15,16). The molecule has 90 valence electrons. The third kappa shape index (κ3) is 2.00. The Hall–Kier alpha value is -1.56. The maximum absolute atomic E-state index is 13.6. The van der Waals surface area contributed by atoms with E-state index < -0.39 is 11.8 Å². The highest BCUT2D eigenvalue weighted by molar-refractivity contribution is 9.10. The minimum atomic E-state index is -0.978. The topological polar surface area (TPSA) is 62.3 Å². The summed E-state index contributed by atoms with van der Waals surface area (Å²) in [5.74, 6) is -1.00. The molecule has 2 aromatic rings. The van der Waals surface area contributed by atoms with Crippen LogP contribution in [0.4, 0.5) is 4.39 Å². The van der Waals surface area contributed by atoms with E-state index in [0.29, 0.717) is 21.2 Å². The van der Waals surface area contributed by atoms with Gasteiger partial charge in [0.05, 0.1) is 23.5 Å². The van der Waals surface area contributed by atoms with Gasteiger partial charge in [0.1, 0.15) is 11.6 Å². The number of carbonyl (C=O) groups is 1. The second-order valence-electron chi connectivity index (χ2n) is 3.51. The molecule has 0 saturated heterocycles. The predicted octanol–water partition coefficient (Wildman–Crippen LogP) is 2.71. The lowest BCUT2D eigenvalue weighted by molar-refractivity contribution is -0.136. The highest BCUT2D eigenvalue weighted by Crippen LogP contribution is 2.37. The van der Waals surface area contributed by atoms with Crippen LogP contribution in [0.1, 0.15) is 5.56 Å². The van der Waals surface area contributed by atoms with Crippen molar-refractivity contribution < 1.29 is 19.0 Å². The van der Waals surface area contributed by atoms with Crippen LogP contribution in [0, 0.1) is 5.82 Å². The molecule has 0 atom stereocenters. The van der Waals surface area contributed by atoms with E-state index in [-0.39, 0.29) is 11.9 Å². The van der Waals surface area contributed by atoms with Gasteiger partial charge in [0.25, 0.3) is 0 Å². The first-order valence-corrected chi connectivity index (χ1v) is 5.57. The Morgan fingerprint density at radius 3 is 2.94 bits per heavy atom. The fourth-order valence-electron chi connectivity index (χ4n) is 1.78. The van der Waals surface area contributed by atoms with Crippen molar-refractivity contribution in [1.82, 2.24) is 4.98 Å². The molecule has 17 heavy (non-hydrogen) atoms. The molecule has 0 unspecified atom stereocenters. The van der Waals surface area contributed by atoms with Gasteiger partial charge >= 0.3 is 5.97 Å². The molecule has 0 saturated carbocycles. The van der Waals surface area contributed by atoms with Crippen LogP contribution in [-0.2, 0) is 11.2 Å². The highest BCUT2D eigenvalue weighted by Gasteiger charge is 2.17. The minimum absolute atomic E-state index is 0.188. The largest absolute Gasteiger partial charge is 0.495 e. The molecule has 1 aromatic heterocycles. The second kappa shape index (κ2) is 4.37. The molecule has 0 amide bonds. The van der Waals surface area contributed by atoms with E-state index in [1.807, 2.05) is 0 Å².